The third-order valence-electron chi connectivity index (χ3n) is 1.20. The molecule has 1 N–H and O–H groups in total. The molecule has 44 valence electrons. The van der Waals surface area contributed by atoms with Crippen LogP contribution < -0.4 is 5.32 Å². The third kappa shape index (κ3) is 1.09. The molecule has 8 heavy (non-hydrogen) atoms. The smallest absolute Gasteiger partial charge is 0.165 e. The van der Waals surface area contributed by atoms with Gasteiger partial charge in [-0.3, -0.25) is 4.79 Å². The van der Waals surface area contributed by atoms with Crippen LogP contribution in [0.2, 0.25) is 0 Å². The van der Waals surface area contributed by atoms with E-state index in [4.69, 9.17) is 0 Å². The van der Waals surface area contributed by atoms with Crippen molar-refractivity contribution < 1.29 is 4.79 Å². The van der Waals surface area contributed by atoms with Crippen molar-refractivity contribution >= 4 is 6.29 Å². The standard InChI is InChI=1S/C6H9NO/c8-5-6-3-1-2-4-7-6/h3,5,7H,1-2,4H2. The molecule has 1 heterocycles. The summed E-state index contributed by atoms with van der Waals surface area (Å²) in [6, 6.07) is 0. The van der Waals surface area contributed by atoms with Gasteiger partial charge in [0.2, 0.25) is 0 Å². The number of carbonyl (C=O) groups excluding carboxylic acids is 1. The van der Waals surface area contributed by atoms with Crippen molar-refractivity contribution in [2.24, 2.45) is 0 Å². The zero-order valence-corrected chi connectivity index (χ0v) is 4.68. The van der Waals surface area contributed by atoms with Crippen molar-refractivity contribution in [3.05, 3.63) is 11.8 Å². The Balaban J connectivity index is 2.49. The molecule has 1 aliphatic heterocycles. The summed E-state index contributed by atoms with van der Waals surface area (Å²) in [7, 11) is 0. The molecule has 0 aromatic carbocycles. The van der Waals surface area contributed by atoms with Crippen LogP contribution in [-0.4, -0.2) is 12.8 Å². The zero-order chi connectivity index (χ0) is 5.82. The molecular formula is C6H9NO. The predicted octanol–water partition coefficient (Wildman–Crippen LogP) is 0.453. The summed E-state index contributed by atoms with van der Waals surface area (Å²) in [6.07, 6.45) is 4.98. The van der Waals surface area contributed by atoms with E-state index in [1.807, 2.05) is 6.08 Å². The first-order chi connectivity index (χ1) is 3.93. The Kier molecular flexibility index (Phi) is 1.67. The molecule has 0 saturated heterocycles. The van der Waals surface area contributed by atoms with Gasteiger partial charge in [-0.1, -0.05) is 6.08 Å². The van der Waals surface area contributed by atoms with E-state index in [-0.39, 0.29) is 0 Å². The van der Waals surface area contributed by atoms with E-state index in [0.29, 0.717) is 0 Å². The quantitative estimate of drug-likeness (QED) is 0.498. The first kappa shape index (κ1) is 5.35. The van der Waals surface area contributed by atoms with Crippen LogP contribution in [0, 0.1) is 0 Å². The Morgan fingerprint density at radius 2 is 2.62 bits per heavy atom. The van der Waals surface area contributed by atoms with Crippen LogP contribution in [0.5, 0.6) is 0 Å². The van der Waals surface area contributed by atoms with Gasteiger partial charge in [-0.05, 0) is 12.8 Å². The van der Waals surface area contributed by atoms with Crippen LogP contribution in [0.15, 0.2) is 11.8 Å². The molecular weight excluding hydrogens is 102 g/mol. The van der Waals surface area contributed by atoms with Crippen LogP contribution in [0.1, 0.15) is 12.8 Å². The Morgan fingerprint density at radius 1 is 1.75 bits per heavy atom. The zero-order valence-electron chi connectivity index (χ0n) is 4.68. The van der Waals surface area contributed by atoms with Gasteiger partial charge in [-0.15, -0.1) is 0 Å². The Hall–Kier alpha value is -0.790. The van der Waals surface area contributed by atoms with Crippen LogP contribution in [0.4, 0.5) is 0 Å². The summed E-state index contributed by atoms with van der Waals surface area (Å²) < 4.78 is 0. The maximum absolute atomic E-state index is 10.0. The monoisotopic (exact) mass is 111 g/mol. The molecule has 0 spiro atoms. The average molecular weight is 111 g/mol. The Morgan fingerprint density at radius 3 is 3.00 bits per heavy atom. The lowest BCUT2D eigenvalue weighted by Gasteiger charge is -2.08. The second-order valence-corrected chi connectivity index (χ2v) is 1.85. The van der Waals surface area contributed by atoms with Crippen LogP contribution in [0.25, 0.3) is 0 Å². The molecule has 0 amide bonds. The second kappa shape index (κ2) is 2.50. The fraction of sp³-hybridized carbons (Fsp3) is 0.500. The molecule has 2 nitrogen and oxygen atoms in total. The molecule has 0 saturated carbocycles. The number of allylic oxidation sites excluding steroid dienone is 2. The summed E-state index contributed by atoms with van der Waals surface area (Å²) in [5, 5.41) is 2.96. The molecule has 0 fully saturated rings. The van der Waals surface area contributed by atoms with Crippen LogP contribution in [0.3, 0.4) is 0 Å². The fourth-order valence-corrected chi connectivity index (χ4v) is 0.754. The molecule has 2 heteroatoms. The number of nitrogens with one attached hydrogen (secondary N) is 1. The van der Waals surface area contributed by atoms with Crippen molar-refractivity contribution in [1.82, 2.24) is 5.32 Å². The van der Waals surface area contributed by atoms with Gasteiger partial charge in [0, 0.05) is 6.54 Å². The Labute approximate surface area is 48.6 Å². The molecule has 0 bridgehead atoms. The topological polar surface area (TPSA) is 29.1 Å². The highest BCUT2D eigenvalue weighted by Gasteiger charge is 1.97. The molecule has 0 unspecified atom stereocenters. The minimum Gasteiger partial charge on any atom is -0.383 e. The van der Waals surface area contributed by atoms with Crippen LogP contribution in [-0.2, 0) is 4.79 Å². The van der Waals surface area contributed by atoms with E-state index in [1.54, 1.807) is 0 Å². The largest absolute Gasteiger partial charge is 0.383 e. The molecule has 0 radical (unpaired) electrons. The minimum atomic E-state index is 0.747. The third-order valence-corrected chi connectivity index (χ3v) is 1.20. The highest BCUT2D eigenvalue weighted by Crippen LogP contribution is 1.99. The Bertz CT molecular complexity index is 118. The number of hydrogen-bond acceptors (Lipinski definition) is 2. The number of aldehydes is 1. The number of carbonyl (C=O) groups is 1. The van der Waals surface area contributed by atoms with E-state index in [9.17, 15) is 4.79 Å². The van der Waals surface area contributed by atoms with Crippen molar-refractivity contribution in [2.45, 2.75) is 12.8 Å². The van der Waals surface area contributed by atoms with Gasteiger partial charge in [0.25, 0.3) is 0 Å². The van der Waals surface area contributed by atoms with E-state index < -0.39 is 0 Å². The summed E-state index contributed by atoms with van der Waals surface area (Å²) >= 11 is 0. The first-order valence-corrected chi connectivity index (χ1v) is 2.82. The minimum absolute atomic E-state index is 0.747. The van der Waals surface area contributed by atoms with Gasteiger partial charge in [0.15, 0.2) is 6.29 Å². The molecule has 1 rings (SSSR count). The van der Waals surface area contributed by atoms with E-state index in [2.05, 4.69) is 5.32 Å². The highest BCUT2D eigenvalue weighted by atomic mass is 16.1. The van der Waals surface area contributed by atoms with Gasteiger partial charge < -0.3 is 5.32 Å². The maximum Gasteiger partial charge on any atom is 0.165 e. The van der Waals surface area contributed by atoms with Crippen molar-refractivity contribution in [3.63, 3.8) is 0 Å². The molecule has 0 aromatic rings. The number of hydrogen-bond donors (Lipinski definition) is 1. The van der Waals surface area contributed by atoms with E-state index >= 15 is 0 Å². The molecule has 0 aromatic heterocycles. The van der Waals surface area contributed by atoms with Gasteiger partial charge in [0.1, 0.15) is 0 Å². The lowest BCUT2D eigenvalue weighted by Crippen LogP contribution is -2.18. The van der Waals surface area contributed by atoms with Gasteiger partial charge in [0.05, 0.1) is 5.70 Å². The summed E-state index contributed by atoms with van der Waals surface area (Å²) in [4.78, 5) is 10.0. The lowest BCUT2D eigenvalue weighted by atomic mass is 10.2. The van der Waals surface area contributed by atoms with Gasteiger partial charge in [-0.2, -0.15) is 0 Å². The van der Waals surface area contributed by atoms with Crippen molar-refractivity contribution in [1.29, 1.82) is 0 Å². The summed E-state index contributed by atoms with van der Waals surface area (Å²) in [5.74, 6) is 0. The van der Waals surface area contributed by atoms with Gasteiger partial charge >= 0.3 is 0 Å². The van der Waals surface area contributed by atoms with Crippen molar-refractivity contribution in [2.75, 3.05) is 6.54 Å². The predicted molar refractivity (Wildman–Crippen MR) is 31.4 cm³/mol. The van der Waals surface area contributed by atoms with Crippen LogP contribution >= 0.6 is 0 Å². The molecule has 0 atom stereocenters. The second-order valence-electron chi connectivity index (χ2n) is 1.85. The maximum atomic E-state index is 10.0. The normalized spacial score (nSPS) is 18.8. The van der Waals surface area contributed by atoms with Crippen molar-refractivity contribution in [3.8, 4) is 0 Å². The molecule has 1 aliphatic rings. The SMILES string of the molecule is O=CC1=CCCCN1. The fourth-order valence-electron chi connectivity index (χ4n) is 0.754. The number of rotatable bonds is 1. The van der Waals surface area contributed by atoms with Gasteiger partial charge in [-0.25, -0.2) is 0 Å². The highest BCUT2D eigenvalue weighted by molar-refractivity contribution is 5.72. The summed E-state index contributed by atoms with van der Waals surface area (Å²) in [6.45, 7) is 0.949. The first-order valence-electron chi connectivity index (χ1n) is 2.82. The van der Waals surface area contributed by atoms with E-state index in [1.165, 1.54) is 0 Å². The summed E-state index contributed by atoms with van der Waals surface area (Å²) in [5.41, 5.74) is 0.747. The molecule has 0 aliphatic carbocycles. The lowest BCUT2D eigenvalue weighted by molar-refractivity contribution is -0.105. The van der Waals surface area contributed by atoms with E-state index in [0.717, 1.165) is 31.4 Å². The average Bonchev–Trinajstić information content (AvgIpc) is 1.90.